The summed E-state index contributed by atoms with van der Waals surface area (Å²) in [7, 11) is -3.94. The Morgan fingerprint density at radius 1 is 1.38 bits per heavy atom. The van der Waals surface area contributed by atoms with Crippen LogP contribution in [0.15, 0.2) is 11.1 Å². The van der Waals surface area contributed by atoms with Crippen molar-refractivity contribution in [2.24, 2.45) is 0 Å². The first kappa shape index (κ1) is 12.5. The number of aliphatic carboxylic acids is 2. The van der Waals surface area contributed by atoms with Gasteiger partial charge in [0.1, 0.15) is 16.5 Å². The van der Waals surface area contributed by atoms with E-state index in [4.69, 9.17) is 10.2 Å². The van der Waals surface area contributed by atoms with E-state index in [2.05, 4.69) is 5.32 Å². The molecular weight excluding hydrogens is 238 g/mol. The number of nitrogens with one attached hydrogen (secondary N) is 1. The minimum atomic E-state index is -3.94. The number of carbonyl (C=O) groups is 2. The Balaban J connectivity index is 3.38. The average molecular weight is 249 g/mol. The summed E-state index contributed by atoms with van der Waals surface area (Å²) in [5.74, 6) is -2.93. The van der Waals surface area contributed by atoms with Gasteiger partial charge in [-0.2, -0.15) is 0 Å². The summed E-state index contributed by atoms with van der Waals surface area (Å²) in [6, 6.07) is -1.49. The molecule has 0 amide bonds. The van der Waals surface area contributed by atoms with Crippen LogP contribution < -0.4 is 5.32 Å². The molecule has 1 unspecified atom stereocenters. The SMILES string of the molecule is CC1(C)C(C(=O)O)NC(C(=O)O)=CS1(=O)=O. The van der Waals surface area contributed by atoms with Crippen molar-refractivity contribution in [1.82, 2.24) is 5.32 Å². The highest BCUT2D eigenvalue weighted by atomic mass is 32.2. The van der Waals surface area contributed by atoms with Crippen LogP contribution in [0.4, 0.5) is 0 Å². The van der Waals surface area contributed by atoms with E-state index in [-0.39, 0.29) is 0 Å². The van der Waals surface area contributed by atoms with Crippen molar-refractivity contribution in [1.29, 1.82) is 0 Å². The van der Waals surface area contributed by atoms with Crippen molar-refractivity contribution in [3.8, 4) is 0 Å². The van der Waals surface area contributed by atoms with Gasteiger partial charge in [0.25, 0.3) is 0 Å². The maximum absolute atomic E-state index is 11.7. The maximum Gasteiger partial charge on any atom is 0.352 e. The molecule has 1 heterocycles. The number of carboxylic acid groups (broad SMARTS) is 2. The van der Waals surface area contributed by atoms with E-state index in [0.29, 0.717) is 5.41 Å². The Morgan fingerprint density at radius 2 is 1.88 bits per heavy atom. The molecule has 3 N–H and O–H groups in total. The molecule has 0 spiro atoms. The van der Waals surface area contributed by atoms with Crippen molar-refractivity contribution < 1.29 is 28.2 Å². The lowest BCUT2D eigenvalue weighted by atomic mass is 10.0. The fourth-order valence-corrected chi connectivity index (χ4v) is 2.58. The number of hydrogen-bond donors (Lipinski definition) is 3. The molecule has 1 aliphatic rings. The summed E-state index contributed by atoms with van der Waals surface area (Å²) in [5, 5.41) is 20.2. The zero-order valence-corrected chi connectivity index (χ0v) is 9.41. The van der Waals surface area contributed by atoms with E-state index in [9.17, 15) is 18.0 Å². The third-order valence-electron chi connectivity index (χ3n) is 2.48. The van der Waals surface area contributed by atoms with Gasteiger partial charge in [0.15, 0.2) is 9.84 Å². The second kappa shape index (κ2) is 3.48. The molecule has 0 fully saturated rings. The van der Waals surface area contributed by atoms with Gasteiger partial charge in [0, 0.05) is 0 Å². The predicted octanol–water partition coefficient (Wildman–Crippen LogP) is -0.838. The normalized spacial score (nSPS) is 26.4. The standard InChI is InChI=1S/C8H11NO6S/c1-8(2)5(7(12)13)9-4(6(10)11)3-16(8,14)15/h3,5,9H,1-2H3,(H,10,11)(H,12,13). The van der Waals surface area contributed by atoms with E-state index in [0.717, 1.165) is 0 Å². The smallest absolute Gasteiger partial charge is 0.352 e. The largest absolute Gasteiger partial charge is 0.480 e. The van der Waals surface area contributed by atoms with Gasteiger partial charge in [-0.1, -0.05) is 0 Å². The molecule has 0 aliphatic carbocycles. The summed E-state index contributed by atoms with van der Waals surface area (Å²) < 4.78 is 21.8. The summed E-state index contributed by atoms with van der Waals surface area (Å²) in [5.41, 5.74) is -0.633. The predicted molar refractivity (Wildman–Crippen MR) is 53.3 cm³/mol. The Labute approximate surface area is 91.7 Å². The lowest BCUT2D eigenvalue weighted by Gasteiger charge is -2.34. The molecule has 0 aromatic rings. The van der Waals surface area contributed by atoms with E-state index in [1.165, 1.54) is 13.8 Å². The molecule has 0 aromatic heterocycles. The van der Waals surface area contributed by atoms with Gasteiger partial charge in [0.2, 0.25) is 0 Å². The first-order valence-corrected chi connectivity index (χ1v) is 5.83. The molecule has 1 aliphatic heterocycles. The third-order valence-corrected chi connectivity index (χ3v) is 4.73. The number of sulfone groups is 1. The minimum Gasteiger partial charge on any atom is -0.480 e. The van der Waals surface area contributed by atoms with Gasteiger partial charge in [0.05, 0.1) is 5.41 Å². The summed E-state index contributed by atoms with van der Waals surface area (Å²) in [6.45, 7) is 2.45. The first-order chi connectivity index (χ1) is 7.09. The second-order valence-corrected chi connectivity index (χ2v) is 6.28. The molecule has 0 saturated carbocycles. The lowest BCUT2D eigenvalue weighted by molar-refractivity contribution is -0.140. The molecule has 90 valence electrons. The molecule has 16 heavy (non-hydrogen) atoms. The van der Waals surface area contributed by atoms with Gasteiger partial charge in [-0.15, -0.1) is 0 Å². The Hall–Kier alpha value is -1.57. The molecular formula is C8H11NO6S. The van der Waals surface area contributed by atoms with Crippen molar-refractivity contribution in [2.75, 3.05) is 0 Å². The Bertz CT molecular complexity index is 475. The monoisotopic (exact) mass is 249 g/mol. The molecule has 7 nitrogen and oxygen atoms in total. The van der Waals surface area contributed by atoms with E-state index < -0.39 is 38.3 Å². The topological polar surface area (TPSA) is 121 Å². The Morgan fingerprint density at radius 3 is 2.25 bits per heavy atom. The highest BCUT2D eigenvalue weighted by molar-refractivity contribution is 7.95. The first-order valence-electron chi connectivity index (χ1n) is 4.28. The van der Waals surface area contributed by atoms with Crippen molar-refractivity contribution in [3.05, 3.63) is 11.1 Å². The zero-order valence-electron chi connectivity index (χ0n) is 8.59. The van der Waals surface area contributed by atoms with Gasteiger partial charge < -0.3 is 15.5 Å². The Kier molecular flexibility index (Phi) is 2.72. The molecule has 0 aromatic carbocycles. The zero-order chi connectivity index (χ0) is 12.7. The molecule has 0 saturated heterocycles. The molecule has 0 radical (unpaired) electrons. The average Bonchev–Trinajstić information content (AvgIpc) is 2.08. The highest BCUT2D eigenvalue weighted by Crippen LogP contribution is 2.28. The van der Waals surface area contributed by atoms with Crippen molar-refractivity contribution in [3.63, 3.8) is 0 Å². The van der Waals surface area contributed by atoms with Gasteiger partial charge in [-0.25, -0.2) is 18.0 Å². The van der Waals surface area contributed by atoms with Crippen LogP contribution in [0.25, 0.3) is 0 Å². The van der Waals surface area contributed by atoms with Crippen LogP contribution in [-0.4, -0.2) is 41.4 Å². The van der Waals surface area contributed by atoms with Crippen molar-refractivity contribution in [2.45, 2.75) is 24.6 Å². The van der Waals surface area contributed by atoms with E-state index in [1.807, 2.05) is 0 Å². The van der Waals surface area contributed by atoms with Crippen LogP contribution in [0.3, 0.4) is 0 Å². The van der Waals surface area contributed by atoms with Gasteiger partial charge >= 0.3 is 11.9 Å². The second-order valence-electron chi connectivity index (χ2n) is 3.90. The minimum absolute atomic E-state index is 0.550. The number of rotatable bonds is 2. The number of carboxylic acids is 2. The molecule has 1 atom stereocenters. The van der Waals surface area contributed by atoms with Crippen LogP contribution >= 0.6 is 0 Å². The number of hydrogen-bond acceptors (Lipinski definition) is 5. The molecule has 1 rings (SSSR count). The van der Waals surface area contributed by atoms with Gasteiger partial charge in [-0.05, 0) is 13.8 Å². The van der Waals surface area contributed by atoms with Gasteiger partial charge in [-0.3, -0.25) is 0 Å². The van der Waals surface area contributed by atoms with Crippen LogP contribution in [0.1, 0.15) is 13.8 Å². The van der Waals surface area contributed by atoms with E-state index >= 15 is 0 Å². The summed E-state index contributed by atoms with van der Waals surface area (Å²) in [4.78, 5) is 21.5. The fourth-order valence-electron chi connectivity index (χ4n) is 1.31. The fraction of sp³-hybridized carbons (Fsp3) is 0.500. The summed E-state index contributed by atoms with van der Waals surface area (Å²) >= 11 is 0. The van der Waals surface area contributed by atoms with Crippen LogP contribution in [0, 0.1) is 0 Å². The quantitative estimate of drug-likeness (QED) is 0.583. The summed E-state index contributed by atoms with van der Waals surface area (Å²) in [6.07, 6.45) is 0. The van der Waals surface area contributed by atoms with Crippen molar-refractivity contribution >= 4 is 21.8 Å². The van der Waals surface area contributed by atoms with Crippen LogP contribution in [0.5, 0.6) is 0 Å². The van der Waals surface area contributed by atoms with E-state index in [1.54, 1.807) is 0 Å². The highest BCUT2D eigenvalue weighted by Gasteiger charge is 2.49. The third kappa shape index (κ3) is 1.75. The van der Waals surface area contributed by atoms with Crippen LogP contribution in [0.2, 0.25) is 0 Å². The molecule has 0 bridgehead atoms. The molecule has 8 heteroatoms. The lowest BCUT2D eigenvalue weighted by Crippen LogP contribution is -2.58. The van der Waals surface area contributed by atoms with Crippen LogP contribution in [-0.2, 0) is 19.4 Å². The maximum atomic E-state index is 11.7.